The van der Waals surface area contributed by atoms with Crippen LogP contribution < -0.4 is 15.6 Å². The van der Waals surface area contributed by atoms with Crippen molar-refractivity contribution in [1.29, 1.82) is 0 Å². The Morgan fingerprint density at radius 1 is 1.31 bits per heavy atom. The van der Waals surface area contributed by atoms with Crippen LogP contribution in [0.25, 0.3) is 10.9 Å². The summed E-state index contributed by atoms with van der Waals surface area (Å²) < 4.78 is 6.89. The molecule has 3 aromatic rings. The maximum atomic E-state index is 13.1. The van der Waals surface area contributed by atoms with Gasteiger partial charge >= 0.3 is 0 Å². The van der Waals surface area contributed by atoms with Gasteiger partial charge in [-0.25, -0.2) is 0 Å². The molecule has 0 radical (unpaired) electrons. The van der Waals surface area contributed by atoms with Crippen LogP contribution >= 0.6 is 11.8 Å². The third kappa shape index (κ3) is 2.57. The Kier molecular flexibility index (Phi) is 3.99. The van der Waals surface area contributed by atoms with Crippen LogP contribution in [0.5, 0.6) is 5.75 Å². The van der Waals surface area contributed by atoms with Crippen LogP contribution in [-0.2, 0) is 11.8 Å². The number of benzene rings is 1. The average molecular weight is 370 g/mol. The second-order valence-corrected chi connectivity index (χ2v) is 7.33. The number of carbonyl (C=O) groups excluding carboxylic acids is 1. The van der Waals surface area contributed by atoms with E-state index in [1.54, 1.807) is 18.7 Å². The summed E-state index contributed by atoms with van der Waals surface area (Å²) in [4.78, 5) is 25.1. The van der Waals surface area contributed by atoms with Crippen molar-refractivity contribution in [3.8, 4) is 5.75 Å². The standard InChI is InChI=1S/C18H18N4O3S/c1-9-15-16(26-8-14(23)19-17(15)21-20-9)12-6-10-4-5-11(25-3)7-13(10)22(2)18(12)24/h4-7,16H,8H2,1-3H3,(H2,19,20,21,23)/t16-/m1/s1. The van der Waals surface area contributed by atoms with Gasteiger partial charge < -0.3 is 14.6 Å². The number of carbonyl (C=O) groups is 1. The molecule has 26 heavy (non-hydrogen) atoms. The number of amides is 1. The van der Waals surface area contributed by atoms with Gasteiger partial charge in [-0.3, -0.25) is 14.7 Å². The largest absolute Gasteiger partial charge is 0.497 e. The van der Waals surface area contributed by atoms with Gasteiger partial charge in [0.15, 0.2) is 5.82 Å². The molecule has 3 heterocycles. The molecule has 134 valence electrons. The molecule has 4 rings (SSSR count). The van der Waals surface area contributed by atoms with Gasteiger partial charge in [0.1, 0.15) is 5.75 Å². The molecule has 1 amide bonds. The summed E-state index contributed by atoms with van der Waals surface area (Å²) in [5, 5.41) is 10.6. The molecule has 1 atom stereocenters. The highest BCUT2D eigenvalue weighted by molar-refractivity contribution is 8.00. The molecule has 0 saturated heterocycles. The Morgan fingerprint density at radius 2 is 2.12 bits per heavy atom. The summed E-state index contributed by atoms with van der Waals surface area (Å²) in [6, 6.07) is 7.56. The number of fused-ring (bicyclic) bond motifs is 2. The normalized spacial score (nSPS) is 16.9. The van der Waals surface area contributed by atoms with Gasteiger partial charge in [-0.2, -0.15) is 5.10 Å². The molecule has 0 aliphatic carbocycles. The lowest BCUT2D eigenvalue weighted by Crippen LogP contribution is -2.23. The molecule has 0 unspecified atom stereocenters. The van der Waals surface area contributed by atoms with Gasteiger partial charge in [-0.05, 0) is 30.5 Å². The molecule has 8 heteroatoms. The van der Waals surface area contributed by atoms with E-state index in [4.69, 9.17) is 4.74 Å². The number of rotatable bonds is 2. The molecule has 1 aliphatic heterocycles. The molecule has 1 aliphatic rings. The minimum absolute atomic E-state index is 0.0934. The van der Waals surface area contributed by atoms with Crippen molar-refractivity contribution in [2.24, 2.45) is 7.05 Å². The fraction of sp³-hybridized carbons (Fsp3) is 0.278. The molecular weight excluding hydrogens is 352 g/mol. The quantitative estimate of drug-likeness (QED) is 0.723. The summed E-state index contributed by atoms with van der Waals surface area (Å²) in [5.74, 6) is 1.35. The first-order valence-electron chi connectivity index (χ1n) is 8.13. The SMILES string of the molecule is COc1ccc2cc([C@H]3SCC(=O)Nc4n[nH]c(C)c43)c(=O)n(C)c2c1. The first-order chi connectivity index (χ1) is 12.5. The highest BCUT2D eigenvalue weighted by atomic mass is 32.2. The van der Waals surface area contributed by atoms with Crippen molar-refractivity contribution in [2.45, 2.75) is 12.2 Å². The first-order valence-corrected chi connectivity index (χ1v) is 9.18. The van der Waals surface area contributed by atoms with Crippen molar-refractivity contribution in [3.63, 3.8) is 0 Å². The molecular formula is C18H18N4O3S. The minimum atomic E-state index is -0.270. The van der Waals surface area contributed by atoms with E-state index in [0.29, 0.717) is 17.1 Å². The van der Waals surface area contributed by atoms with Gasteiger partial charge in [0.2, 0.25) is 5.91 Å². The monoisotopic (exact) mass is 370 g/mol. The van der Waals surface area contributed by atoms with Crippen molar-refractivity contribution in [1.82, 2.24) is 14.8 Å². The van der Waals surface area contributed by atoms with Gasteiger partial charge in [0.05, 0.1) is 23.6 Å². The number of aryl methyl sites for hydroxylation is 2. The Balaban J connectivity index is 1.94. The second-order valence-electron chi connectivity index (χ2n) is 6.24. The van der Waals surface area contributed by atoms with Crippen molar-refractivity contribution in [3.05, 3.63) is 51.4 Å². The van der Waals surface area contributed by atoms with E-state index in [1.165, 1.54) is 11.8 Å². The number of aromatic amines is 1. The predicted octanol–water partition coefficient (Wildman–Crippen LogP) is 2.35. The van der Waals surface area contributed by atoms with Crippen LogP contribution in [0.1, 0.15) is 22.1 Å². The average Bonchev–Trinajstić information content (AvgIpc) is 2.90. The van der Waals surface area contributed by atoms with Crippen LogP contribution in [0.4, 0.5) is 5.82 Å². The van der Waals surface area contributed by atoms with E-state index in [0.717, 1.165) is 22.2 Å². The molecule has 0 spiro atoms. The zero-order valence-corrected chi connectivity index (χ0v) is 15.4. The number of thioether (sulfide) groups is 1. The van der Waals surface area contributed by atoms with Gasteiger partial charge in [-0.1, -0.05) is 0 Å². The summed E-state index contributed by atoms with van der Waals surface area (Å²) >= 11 is 1.44. The molecule has 7 nitrogen and oxygen atoms in total. The summed E-state index contributed by atoms with van der Waals surface area (Å²) in [7, 11) is 3.35. The Bertz CT molecular complexity index is 1090. The number of hydrogen-bond donors (Lipinski definition) is 2. The van der Waals surface area contributed by atoms with Crippen LogP contribution in [0.2, 0.25) is 0 Å². The topological polar surface area (TPSA) is 89.0 Å². The van der Waals surface area contributed by atoms with E-state index >= 15 is 0 Å². The number of anilines is 1. The zero-order chi connectivity index (χ0) is 18.4. The van der Waals surface area contributed by atoms with E-state index < -0.39 is 0 Å². The summed E-state index contributed by atoms with van der Waals surface area (Å²) in [6.45, 7) is 1.90. The van der Waals surface area contributed by atoms with Gasteiger partial charge in [0, 0.05) is 29.9 Å². The van der Waals surface area contributed by atoms with Crippen molar-refractivity contribution < 1.29 is 9.53 Å². The fourth-order valence-electron chi connectivity index (χ4n) is 3.29. The Labute approximate surface area is 153 Å². The van der Waals surface area contributed by atoms with E-state index in [2.05, 4.69) is 15.5 Å². The Morgan fingerprint density at radius 3 is 2.88 bits per heavy atom. The molecule has 2 N–H and O–H groups in total. The summed E-state index contributed by atoms with van der Waals surface area (Å²) in [5.41, 5.74) is 3.04. The summed E-state index contributed by atoms with van der Waals surface area (Å²) in [6.07, 6.45) is 0. The number of hydrogen-bond acceptors (Lipinski definition) is 5. The number of H-pyrrole nitrogens is 1. The highest BCUT2D eigenvalue weighted by Gasteiger charge is 2.30. The zero-order valence-electron chi connectivity index (χ0n) is 14.6. The lowest BCUT2D eigenvalue weighted by molar-refractivity contribution is -0.113. The number of ether oxygens (including phenoxy) is 1. The number of aromatic nitrogens is 3. The number of methoxy groups -OCH3 is 1. The van der Waals surface area contributed by atoms with Crippen LogP contribution in [0, 0.1) is 6.92 Å². The molecule has 1 aromatic carbocycles. The lowest BCUT2D eigenvalue weighted by Gasteiger charge is -2.17. The van der Waals surface area contributed by atoms with Gasteiger partial charge in [-0.15, -0.1) is 11.8 Å². The van der Waals surface area contributed by atoms with Crippen LogP contribution in [0.15, 0.2) is 29.1 Å². The van der Waals surface area contributed by atoms with E-state index in [9.17, 15) is 9.59 Å². The minimum Gasteiger partial charge on any atom is -0.497 e. The smallest absolute Gasteiger partial charge is 0.255 e. The van der Waals surface area contributed by atoms with Crippen molar-refractivity contribution in [2.75, 3.05) is 18.2 Å². The highest BCUT2D eigenvalue weighted by Crippen LogP contribution is 2.41. The third-order valence-corrected chi connectivity index (χ3v) is 5.89. The second kappa shape index (κ2) is 6.21. The number of nitrogens with one attached hydrogen (secondary N) is 2. The van der Waals surface area contributed by atoms with Crippen LogP contribution in [-0.4, -0.2) is 33.5 Å². The van der Waals surface area contributed by atoms with E-state index in [-0.39, 0.29) is 22.5 Å². The fourth-order valence-corrected chi connectivity index (χ4v) is 4.49. The molecule has 2 aromatic heterocycles. The maximum Gasteiger partial charge on any atom is 0.255 e. The molecule has 0 saturated carbocycles. The molecule has 0 fully saturated rings. The van der Waals surface area contributed by atoms with Crippen molar-refractivity contribution >= 4 is 34.4 Å². The maximum absolute atomic E-state index is 13.1. The number of nitrogens with zero attached hydrogens (tertiary/aromatic N) is 2. The lowest BCUT2D eigenvalue weighted by atomic mass is 10.0. The van der Waals surface area contributed by atoms with E-state index in [1.807, 2.05) is 31.2 Å². The Hall–Kier alpha value is -2.74. The third-order valence-electron chi connectivity index (χ3n) is 4.64. The first kappa shape index (κ1) is 16.7. The van der Waals surface area contributed by atoms with Gasteiger partial charge in [0.25, 0.3) is 5.56 Å². The number of pyridine rings is 1. The predicted molar refractivity (Wildman–Crippen MR) is 102 cm³/mol. The molecule has 0 bridgehead atoms. The van der Waals surface area contributed by atoms with Crippen LogP contribution in [0.3, 0.4) is 0 Å².